The summed E-state index contributed by atoms with van der Waals surface area (Å²) in [6, 6.07) is 13.2. The Balaban J connectivity index is 1.47. The van der Waals surface area contributed by atoms with Gasteiger partial charge in [0.1, 0.15) is 11.3 Å². The Morgan fingerprint density at radius 2 is 2.00 bits per heavy atom. The predicted octanol–water partition coefficient (Wildman–Crippen LogP) is 2.47. The molecule has 29 heavy (non-hydrogen) atoms. The summed E-state index contributed by atoms with van der Waals surface area (Å²) in [7, 11) is -1.63. The van der Waals surface area contributed by atoms with Crippen LogP contribution in [-0.2, 0) is 33.5 Å². The first-order valence-electron chi connectivity index (χ1n) is 9.87. The Bertz CT molecular complexity index is 1070. The quantitative estimate of drug-likeness (QED) is 0.566. The highest BCUT2D eigenvalue weighted by molar-refractivity contribution is 7.88. The number of fused-ring (bicyclic) bond motifs is 1. The van der Waals surface area contributed by atoms with Gasteiger partial charge >= 0.3 is 0 Å². The van der Waals surface area contributed by atoms with Crippen LogP contribution in [0.1, 0.15) is 17.8 Å². The van der Waals surface area contributed by atoms with Gasteiger partial charge in [0.05, 0.1) is 12.4 Å². The molecule has 0 radical (unpaired) electrons. The summed E-state index contributed by atoms with van der Waals surface area (Å²) >= 11 is 0. The normalized spacial score (nSPS) is 17.9. The highest BCUT2D eigenvalue weighted by Crippen LogP contribution is 2.26. The minimum atomic E-state index is -3.31. The van der Waals surface area contributed by atoms with Crippen LogP contribution in [0, 0.1) is 5.92 Å². The lowest BCUT2D eigenvalue weighted by Gasteiger charge is -2.17. The summed E-state index contributed by atoms with van der Waals surface area (Å²) < 4.78 is 34.6. The maximum absolute atomic E-state index is 12.8. The molecule has 1 aromatic carbocycles. The van der Waals surface area contributed by atoms with E-state index in [1.54, 1.807) is 17.6 Å². The van der Waals surface area contributed by atoms with Gasteiger partial charge in [0.25, 0.3) is 0 Å². The Labute approximate surface area is 171 Å². The van der Waals surface area contributed by atoms with Crippen LogP contribution < -0.4 is 0 Å². The summed E-state index contributed by atoms with van der Waals surface area (Å²) in [5.41, 5.74) is 2.54. The van der Waals surface area contributed by atoms with Crippen LogP contribution >= 0.6 is 0 Å². The Morgan fingerprint density at radius 3 is 2.79 bits per heavy atom. The Kier molecular flexibility index (Phi) is 5.94. The molecule has 1 unspecified atom stereocenters. The number of nitrogens with zero attached hydrogens (tertiary/aromatic N) is 4. The summed E-state index contributed by atoms with van der Waals surface area (Å²) in [6.45, 7) is 2.37. The lowest BCUT2D eigenvalue weighted by atomic mass is 10.0. The predicted molar refractivity (Wildman–Crippen MR) is 112 cm³/mol. The molecule has 1 aliphatic rings. The number of ether oxygens (including phenoxy) is 1. The zero-order chi connectivity index (χ0) is 20.3. The molecule has 2 aromatic heterocycles. The van der Waals surface area contributed by atoms with E-state index in [1.165, 1.54) is 0 Å². The second-order valence-electron chi connectivity index (χ2n) is 7.48. The van der Waals surface area contributed by atoms with E-state index in [-0.39, 0.29) is 11.7 Å². The first-order chi connectivity index (χ1) is 14.1. The van der Waals surface area contributed by atoms with Gasteiger partial charge in [-0.2, -0.15) is 0 Å². The molecule has 0 saturated carbocycles. The average Bonchev–Trinajstić information content (AvgIpc) is 3.32. The van der Waals surface area contributed by atoms with Crippen LogP contribution in [0.15, 0.2) is 48.7 Å². The van der Waals surface area contributed by atoms with E-state index in [4.69, 9.17) is 9.72 Å². The fourth-order valence-electron chi connectivity index (χ4n) is 3.93. The Hall–Kier alpha value is -2.29. The number of aromatic nitrogens is 3. The van der Waals surface area contributed by atoms with Crippen LogP contribution in [0.2, 0.25) is 0 Å². The molecule has 3 aromatic rings. The molecule has 0 N–H and O–H groups in total. The maximum Gasteiger partial charge on any atom is 0.218 e. The molecule has 8 heteroatoms. The minimum absolute atomic E-state index is 0.0524. The van der Waals surface area contributed by atoms with Gasteiger partial charge in [-0.1, -0.05) is 30.3 Å². The second-order valence-corrected chi connectivity index (χ2v) is 9.45. The highest BCUT2D eigenvalue weighted by Gasteiger charge is 2.32. The standard InChI is InChI=1S/C21H26N4O3S/c1-28-13-12-25-20(23-19-8-5-10-22-21(19)25)14-18-9-11-24(15-18)29(26,27)16-17-6-3-2-4-7-17/h2-8,10,18H,9,11-16H2,1H3. The van der Waals surface area contributed by atoms with Crippen LogP contribution in [0.5, 0.6) is 0 Å². The number of sulfonamides is 1. The molecule has 1 atom stereocenters. The van der Waals surface area contributed by atoms with Gasteiger partial charge in [0.2, 0.25) is 10.0 Å². The summed E-state index contributed by atoms with van der Waals surface area (Å²) in [5.74, 6) is 1.25. The number of hydrogen-bond donors (Lipinski definition) is 0. The van der Waals surface area contributed by atoms with E-state index in [2.05, 4.69) is 9.55 Å². The fraction of sp³-hybridized carbons (Fsp3) is 0.429. The molecule has 154 valence electrons. The van der Waals surface area contributed by atoms with Crippen molar-refractivity contribution in [2.75, 3.05) is 26.8 Å². The largest absolute Gasteiger partial charge is 0.383 e. The van der Waals surface area contributed by atoms with Crippen LogP contribution in [0.25, 0.3) is 11.2 Å². The lowest BCUT2D eigenvalue weighted by molar-refractivity contribution is 0.187. The third kappa shape index (κ3) is 4.49. The second kappa shape index (κ2) is 8.61. The van der Waals surface area contributed by atoms with E-state index in [0.717, 1.165) is 35.4 Å². The smallest absolute Gasteiger partial charge is 0.218 e. The van der Waals surface area contributed by atoms with Crippen molar-refractivity contribution in [3.63, 3.8) is 0 Å². The highest BCUT2D eigenvalue weighted by atomic mass is 32.2. The topological polar surface area (TPSA) is 77.3 Å². The SMILES string of the molecule is COCCn1c(CC2CCN(S(=O)(=O)Cc3ccccc3)C2)nc2cccnc21. The molecular formula is C21H26N4O3S. The van der Waals surface area contributed by atoms with E-state index in [1.807, 2.05) is 42.5 Å². The first-order valence-corrected chi connectivity index (χ1v) is 11.5. The molecule has 3 heterocycles. The van der Waals surface area contributed by atoms with Gasteiger partial charge in [-0.05, 0) is 30.0 Å². The summed E-state index contributed by atoms with van der Waals surface area (Å²) in [5, 5.41) is 0. The lowest BCUT2D eigenvalue weighted by Crippen LogP contribution is -2.30. The number of pyridine rings is 1. The zero-order valence-electron chi connectivity index (χ0n) is 16.6. The third-order valence-corrected chi connectivity index (χ3v) is 7.22. The van der Waals surface area contributed by atoms with Crippen molar-refractivity contribution in [1.29, 1.82) is 0 Å². The first kappa shape index (κ1) is 20.0. The number of hydrogen-bond acceptors (Lipinski definition) is 5. The third-order valence-electron chi connectivity index (χ3n) is 5.41. The summed E-state index contributed by atoms with van der Waals surface area (Å²) in [6.07, 6.45) is 3.34. The van der Waals surface area contributed by atoms with E-state index < -0.39 is 10.0 Å². The van der Waals surface area contributed by atoms with Crippen LogP contribution in [0.4, 0.5) is 0 Å². The number of benzene rings is 1. The molecule has 1 saturated heterocycles. The van der Waals surface area contributed by atoms with E-state index in [9.17, 15) is 8.42 Å². The molecule has 7 nitrogen and oxygen atoms in total. The van der Waals surface area contributed by atoms with Crippen molar-refractivity contribution in [1.82, 2.24) is 18.8 Å². The molecule has 0 spiro atoms. The fourth-order valence-corrected chi connectivity index (χ4v) is 5.55. The van der Waals surface area contributed by atoms with Gasteiger partial charge in [-0.3, -0.25) is 0 Å². The molecule has 0 bridgehead atoms. The van der Waals surface area contributed by atoms with Gasteiger partial charge < -0.3 is 9.30 Å². The molecule has 0 amide bonds. The van der Waals surface area contributed by atoms with E-state index in [0.29, 0.717) is 26.2 Å². The van der Waals surface area contributed by atoms with Crippen molar-refractivity contribution in [2.24, 2.45) is 5.92 Å². The molecule has 0 aliphatic carbocycles. The molecule has 1 fully saturated rings. The van der Waals surface area contributed by atoms with Crippen molar-refractivity contribution in [2.45, 2.75) is 25.1 Å². The maximum atomic E-state index is 12.8. The number of imidazole rings is 1. The van der Waals surface area contributed by atoms with Crippen molar-refractivity contribution in [3.8, 4) is 0 Å². The molecule has 1 aliphatic heterocycles. The average molecular weight is 415 g/mol. The number of rotatable bonds is 8. The molecule has 4 rings (SSSR count). The van der Waals surface area contributed by atoms with Crippen LogP contribution in [0.3, 0.4) is 0 Å². The van der Waals surface area contributed by atoms with Gasteiger partial charge in [0.15, 0.2) is 5.65 Å². The monoisotopic (exact) mass is 414 g/mol. The van der Waals surface area contributed by atoms with Gasteiger partial charge in [-0.15, -0.1) is 0 Å². The van der Waals surface area contributed by atoms with Gasteiger partial charge in [0, 0.05) is 39.4 Å². The van der Waals surface area contributed by atoms with Crippen molar-refractivity contribution < 1.29 is 13.2 Å². The number of methoxy groups -OCH3 is 1. The molecular weight excluding hydrogens is 388 g/mol. The van der Waals surface area contributed by atoms with Crippen molar-refractivity contribution in [3.05, 3.63) is 60.0 Å². The van der Waals surface area contributed by atoms with Crippen LogP contribution in [-0.4, -0.2) is 54.1 Å². The van der Waals surface area contributed by atoms with Gasteiger partial charge in [-0.25, -0.2) is 22.7 Å². The zero-order valence-corrected chi connectivity index (χ0v) is 17.4. The van der Waals surface area contributed by atoms with Crippen molar-refractivity contribution >= 4 is 21.2 Å². The van der Waals surface area contributed by atoms with E-state index >= 15 is 0 Å². The summed E-state index contributed by atoms with van der Waals surface area (Å²) in [4.78, 5) is 9.23. The minimum Gasteiger partial charge on any atom is -0.383 e. The Morgan fingerprint density at radius 1 is 1.17 bits per heavy atom.